The van der Waals surface area contributed by atoms with Crippen molar-refractivity contribution in [3.8, 4) is 0 Å². The molecule has 0 spiro atoms. The lowest BCUT2D eigenvalue weighted by atomic mass is 9.44. The summed E-state index contributed by atoms with van der Waals surface area (Å²) in [5.74, 6) is 5.05. The zero-order valence-corrected chi connectivity index (χ0v) is 25.7. The SMILES string of the molecule is CC(C)CCC[C@H](C)[C@@H]1CC[C@@H]2[C@H]3CC[C@]4(Br)C[C@@H](OC(=O)c5ccccc5)CC[C@]4(C)[C@H]3CC[C@@]21C. The molecule has 4 aliphatic rings. The fourth-order valence-electron chi connectivity index (χ4n) is 10.1. The van der Waals surface area contributed by atoms with Crippen molar-refractivity contribution in [1.82, 2.24) is 0 Å². The van der Waals surface area contributed by atoms with Gasteiger partial charge in [-0.25, -0.2) is 4.79 Å². The smallest absolute Gasteiger partial charge is 0.338 e. The average molecular weight is 572 g/mol. The van der Waals surface area contributed by atoms with Crippen molar-refractivity contribution in [3.63, 3.8) is 0 Å². The number of benzene rings is 1. The normalized spacial score (nSPS) is 42.0. The van der Waals surface area contributed by atoms with Crippen LogP contribution in [0.15, 0.2) is 30.3 Å². The second kappa shape index (κ2) is 10.6. The van der Waals surface area contributed by atoms with Crippen molar-refractivity contribution < 1.29 is 9.53 Å². The molecule has 5 rings (SSSR count). The van der Waals surface area contributed by atoms with Crippen LogP contribution < -0.4 is 0 Å². The highest BCUT2D eigenvalue weighted by atomic mass is 79.9. The number of hydrogen-bond donors (Lipinski definition) is 0. The topological polar surface area (TPSA) is 26.3 Å². The first-order valence-corrected chi connectivity index (χ1v) is 16.3. The maximum absolute atomic E-state index is 12.8. The van der Waals surface area contributed by atoms with Crippen LogP contribution in [0, 0.1) is 46.3 Å². The fourth-order valence-corrected chi connectivity index (χ4v) is 11.2. The Morgan fingerprint density at radius 3 is 2.43 bits per heavy atom. The summed E-state index contributed by atoms with van der Waals surface area (Å²) in [6.07, 6.45) is 15.7. The van der Waals surface area contributed by atoms with Gasteiger partial charge in [0.25, 0.3) is 0 Å². The van der Waals surface area contributed by atoms with Crippen molar-refractivity contribution in [3.05, 3.63) is 35.9 Å². The first-order chi connectivity index (χ1) is 17.6. The van der Waals surface area contributed by atoms with Gasteiger partial charge >= 0.3 is 5.97 Å². The Kier molecular flexibility index (Phi) is 7.96. The second-order valence-corrected chi connectivity index (χ2v) is 16.0. The molecule has 9 atom stereocenters. The van der Waals surface area contributed by atoms with Crippen molar-refractivity contribution in [1.29, 1.82) is 0 Å². The van der Waals surface area contributed by atoms with E-state index in [0.717, 1.165) is 48.3 Å². The molecular weight excluding hydrogens is 520 g/mol. The zero-order chi connectivity index (χ0) is 26.4. The lowest BCUT2D eigenvalue weighted by molar-refractivity contribution is -0.116. The Bertz CT molecular complexity index is 944. The summed E-state index contributed by atoms with van der Waals surface area (Å²) in [6.45, 7) is 12.6. The standard InChI is InChI=1S/C34H51BrO2/c1-23(2)10-9-11-24(3)28-14-15-29-27-17-21-34(35)22-26(37-31(36)25-12-7-6-8-13-25)16-20-33(34,5)30(27)18-19-32(28,29)4/h6-8,12-13,23-24,26-30H,9-11,14-22H2,1-5H3/t24-,26-,27+,28-,29+,30-,32+,33+,34-/m0/s1. The average Bonchev–Trinajstić information content (AvgIpc) is 3.22. The number of carbonyl (C=O) groups is 1. The molecule has 4 saturated carbocycles. The highest BCUT2D eigenvalue weighted by Crippen LogP contribution is 2.71. The minimum Gasteiger partial charge on any atom is -0.459 e. The van der Waals surface area contributed by atoms with Crippen LogP contribution in [-0.4, -0.2) is 16.4 Å². The van der Waals surface area contributed by atoms with Gasteiger partial charge in [-0.05, 0) is 110 Å². The van der Waals surface area contributed by atoms with E-state index >= 15 is 0 Å². The van der Waals surface area contributed by atoms with E-state index in [1.807, 2.05) is 30.3 Å². The minimum absolute atomic E-state index is 0.0214. The van der Waals surface area contributed by atoms with Crippen molar-refractivity contribution in [2.24, 2.45) is 46.3 Å². The van der Waals surface area contributed by atoms with E-state index in [1.54, 1.807) is 0 Å². The third kappa shape index (κ3) is 4.98. The molecule has 0 bridgehead atoms. The third-order valence-corrected chi connectivity index (χ3v) is 13.8. The molecule has 0 N–H and O–H groups in total. The molecule has 0 amide bonds. The van der Waals surface area contributed by atoms with Crippen LogP contribution in [-0.2, 0) is 4.74 Å². The van der Waals surface area contributed by atoms with Gasteiger partial charge in [-0.2, -0.15) is 0 Å². The predicted molar refractivity (Wildman–Crippen MR) is 157 cm³/mol. The van der Waals surface area contributed by atoms with E-state index in [2.05, 4.69) is 50.5 Å². The number of esters is 1. The summed E-state index contributed by atoms with van der Waals surface area (Å²) in [6, 6.07) is 9.51. The quantitative estimate of drug-likeness (QED) is 0.241. The summed E-state index contributed by atoms with van der Waals surface area (Å²) in [5.41, 5.74) is 1.51. The summed E-state index contributed by atoms with van der Waals surface area (Å²) >= 11 is 4.35. The van der Waals surface area contributed by atoms with Crippen LogP contribution in [0.1, 0.15) is 122 Å². The van der Waals surface area contributed by atoms with Crippen molar-refractivity contribution in [2.45, 2.75) is 122 Å². The first-order valence-electron chi connectivity index (χ1n) is 15.5. The molecule has 0 radical (unpaired) electrons. The molecule has 206 valence electrons. The van der Waals surface area contributed by atoms with E-state index < -0.39 is 0 Å². The van der Waals surface area contributed by atoms with E-state index in [9.17, 15) is 4.79 Å². The fraction of sp³-hybridized carbons (Fsp3) is 0.794. The van der Waals surface area contributed by atoms with Gasteiger partial charge in [0.2, 0.25) is 0 Å². The largest absolute Gasteiger partial charge is 0.459 e. The Morgan fingerprint density at radius 2 is 1.70 bits per heavy atom. The van der Waals surface area contributed by atoms with Gasteiger partial charge in [0.15, 0.2) is 0 Å². The van der Waals surface area contributed by atoms with Crippen LogP contribution in [0.25, 0.3) is 0 Å². The van der Waals surface area contributed by atoms with Gasteiger partial charge in [0.05, 0.1) is 5.56 Å². The molecule has 3 heteroatoms. The van der Waals surface area contributed by atoms with E-state index in [4.69, 9.17) is 4.74 Å². The molecule has 1 aromatic carbocycles. The lowest BCUT2D eigenvalue weighted by Crippen LogP contribution is -2.60. The Hall–Kier alpha value is -0.830. The summed E-state index contributed by atoms with van der Waals surface area (Å²) in [7, 11) is 0. The molecule has 0 unspecified atom stereocenters. The summed E-state index contributed by atoms with van der Waals surface area (Å²) in [5, 5.41) is 0. The Balaban J connectivity index is 1.26. The number of rotatable bonds is 7. The van der Waals surface area contributed by atoms with Crippen LogP contribution in [0.4, 0.5) is 0 Å². The molecule has 1 aromatic rings. The maximum Gasteiger partial charge on any atom is 0.338 e. The highest BCUT2D eigenvalue weighted by Gasteiger charge is 2.64. The number of carbonyl (C=O) groups excluding carboxylic acids is 1. The van der Waals surface area contributed by atoms with Gasteiger partial charge in [-0.3, -0.25) is 0 Å². The number of hydrogen-bond acceptors (Lipinski definition) is 2. The first kappa shape index (κ1) is 27.7. The monoisotopic (exact) mass is 570 g/mol. The lowest BCUT2D eigenvalue weighted by Gasteiger charge is -2.64. The number of ether oxygens (including phenoxy) is 1. The molecule has 0 heterocycles. The molecular formula is C34H51BrO2. The van der Waals surface area contributed by atoms with Crippen LogP contribution >= 0.6 is 15.9 Å². The van der Waals surface area contributed by atoms with E-state index in [0.29, 0.717) is 16.4 Å². The van der Waals surface area contributed by atoms with E-state index in [-0.39, 0.29) is 16.4 Å². The number of alkyl halides is 1. The molecule has 0 aromatic heterocycles. The summed E-state index contributed by atoms with van der Waals surface area (Å²) < 4.78 is 6.17. The van der Waals surface area contributed by atoms with E-state index in [1.165, 1.54) is 64.2 Å². The highest BCUT2D eigenvalue weighted by molar-refractivity contribution is 9.10. The van der Waals surface area contributed by atoms with Gasteiger partial charge in [0.1, 0.15) is 6.10 Å². The molecule has 4 aliphatic carbocycles. The van der Waals surface area contributed by atoms with Gasteiger partial charge in [-0.1, -0.05) is 88.0 Å². The zero-order valence-electron chi connectivity index (χ0n) is 24.1. The van der Waals surface area contributed by atoms with Gasteiger partial charge in [0, 0.05) is 10.7 Å². The van der Waals surface area contributed by atoms with Gasteiger partial charge in [-0.15, -0.1) is 0 Å². The van der Waals surface area contributed by atoms with Gasteiger partial charge < -0.3 is 4.74 Å². The van der Waals surface area contributed by atoms with Crippen molar-refractivity contribution >= 4 is 21.9 Å². The van der Waals surface area contributed by atoms with Crippen LogP contribution in [0.2, 0.25) is 0 Å². The molecule has 4 fully saturated rings. The third-order valence-electron chi connectivity index (χ3n) is 12.2. The number of fused-ring (bicyclic) bond motifs is 5. The molecule has 0 saturated heterocycles. The molecule has 2 nitrogen and oxygen atoms in total. The molecule has 37 heavy (non-hydrogen) atoms. The Morgan fingerprint density at radius 1 is 0.946 bits per heavy atom. The predicted octanol–water partition coefficient (Wildman–Crippen LogP) is 9.85. The summed E-state index contributed by atoms with van der Waals surface area (Å²) in [4.78, 5) is 12.8. The minimum atomic E-state index is -0.160. The molecule has 0 aliphatic heterocycles. The van der Waals surface area contributed by atoms with Crippen LogP contribution in [0.5, 0.6) is 0 Å². The van der Waals surface area contributed by atoms with Crippen molar-refractivity contribution in [2.75, 3.05) is 0 Å². The number of halogens is 1. The second-order valence-electron chi connectivity index (χ2n) is 14.5. The maximum atomic E-state index is 12.8. The Labute approximate surface area is 235 Å². The van der Waals surface area contributed by atoms with Crippen LogP contribution in [0.3, 0.4) is 0 Å².